The highest BCUT2D eigenvalue weighted by Crippen LogP contribution is 2.05. The van der Waals surface area contributed by atoms with Gasteiger partial charge < -0.3 is 9.73 Å². The van der Waals surface area contributed by atoms with Gasteiger partial charge in [-0.25, -0.2) is 0 Å². The predicted molar refractivity (Wildman–Crippen MR) is 99.7 cm³/mol. The van der Waals surface area contributed by atoms with Gasteiger partial charge in [0.15, 0.2) is 5.76 Å². The standard InChI is InChI=1S/C18H21N3O4S/c1-12-5-7-13(8-6-12)16(22)20-21-17(23)14(9-11-26-2)19-18(24)15-4-3-10-25-15/h3-8,10,14H,9,11H2,1-2H3,(H,19,24)(H,20,22)(H,21,23)/t14-/m1/s1. The Morgan fingerprint density at radius 1 is 1.08 bits per heavy atom. The highest BCUT2D eigenvalue weighted by Gasteiger charge is 2.22. The van der Waals surface area contributed by atoms with Crippen molar-refractivity contribution in [1.82, 2.24) is 16.2 Å². The van der Waals surface area contributed by atoms with E-state index < -0.39 is 23.8 Å². The second-order valence-electron chi connectivity index (χ2n) is 5.59. The number of nitrogens with one attached hydrogen (secondary N) is 3. The number of carbonyl (C=O) groups is 3. The van der Waals surface area contributed by atoms with Crippen molar-refractivity contribution < 1.29 is 18.8 Å². The molecule has 138 valence electrons. The van der Waals surface area contributed by atoms with Crippen LogP contribution in [-0.2, 0) is 4.79 Å². The van der Waals surface area contributed by atoms with Crippen molar-refractivity contribution in [3.63, 3.8) is 0 Å². The lowest BCUT2D eigenvalue weighted by Gasteiger charge is -2.18. The van der Waals surface area contributed by atoms with Crippen LogP contribution in [-0.4, -0.2) is 35.8 Å². The van der Waals surface area contributed by atoms with E-state index in [1.54, 1.807) is 30.0 Å². The van der Waals surface area contributed by atoms with Crippen LogP contribution in [0.15, 0.2) is 47.1 Å². The van der Waals surface area contributed by atoms with Crippen LogP contribution >= 0.6 is 11.8 Å². The molecular weight excluding hydrogens is 354 g/mol. The molecule has 2 aromatic rings. The van der Waals surface area contributed by atoms with Gasteiger partial charge in [0.2, 0.25) is 0 Å². The van der Waals surface area contributed by atoms with Crippen LogP contribution < -0.4 is 16.2 Å². The second-order valence-corrected chi connectivity index (χ2v) is 6.58. The molecule has 26 heavy (non-hydrogen) atoms. The van der Waals surface area contributed by atoms with Gasteiger partial charge in [-0.2, -0.15) is 11.8 Å². The van der Waals surface area contributed by atoms with E-state index in [0.29, 0.717) is 17.7 Å². The van der Waals surface area contributed by atoms with E-state index in [2.05, 4.69) is 16.2 Å². The minimum atomic E-state index is -0.793. The van der Waals surface area contributed by atoms with E-state index in [1.165, 1.54) is 12.3 Å². The first-order valence-corrected chi connectivity index (χ1v) is 9.41. The van der Waals surface area contributed by atoms with Gasteiger partial charge in [0.1, 0.15) is 6.04 Å². The molecule has 0 unspecified atom stereocenters. The Morgan fingerprint density at radius 3 is 2.42 bits per heavy atom. The van der Waals surface area contributed by atoms with Gasteiger partial charge in [0.25, 0.3) is 17.7 Å². The summed E-state index contributed by atoms with van der Waals surface area (Å²) in [7, 11) is 0. The quantitative estimate of drug-likeness (QED) is 0.642. The summed E-state index contributed by atoms with van der Waals surface area (Å²) in [5.74, 6) is -0.627. The van der Waals surface area contributed by atoms with Crippen molar-refractivity contribution in [1.29, 1.82) is 0 Å². The van der Waals surface area contributed by atoms with Crippen molar-refractivity contribution in [2.75, 3.05) is 12.0 Å². The minimum absolute atomic E-state index is 0.121. The lowest BCUT2D eigenvalue weighted by Crippen LogP contribution is -2.52. The summed E-state index contributed by atoms with van der Waals surface area (Å²) < 4.78 is 5.03. The average Bonchev–Trinajstić information content (AvgIpc) is 3.18. The van der Waals surface area contributed by atoms with Crippen LogP contribution in [0, 0.1) is 6.92 Å². The fourth-order valence-corrected chi connectivity index (χ4v) is 2.60. The molecule has 1 aromatic carbocycles. The molecule has 1 aromatic heterocycles. The summed E-state index contributed by atoms with van der Waals surface area (Å²) in [6.07, 6.45) is 3.70. The number of hydrogen-bond donors (Lipinski definition) is 3. The summed E-state index contributed by atoms with van der Waals surface area (Å²) in [6.45, 7) is 1.92. The van der Waals surface area contributed by atoms with Crippen LogP contribution in [0.2, 0.25) is 0 Å². The molecule has 0 spiro atoms. The maximum atomic E-state index is 12.4. The summed E-state index contributed by atoms with van der Waals surface area (Å²) >= 11 is 1.55. The predicted octanol–water partition coefficient (Wildman–Crippen LogP) is 1.90. The van der Waals surface area contributed by atoms with Gasteiger partial charge in [0, 0.05) is 5.56 Å². The monoisotopic (exact) mass is 375 g/mol. The van der Waals surface area contributed by atoms with E-state index in [0.717, 1.165) is 5.56 Å². The molecule has 3 N–H and O–H groups in total. The molecular formula is C18H21N3O4S. The third-order valence-electron chi connectivity index (χ3n) is 3.59. The number of hydrazine groups is 1. The number of thioether (sulfide) groups is 1. The molecule has 0 saturated heterocycles. The van der Waals surface area contributed by atoms with E-state index in [-0.39, 0.29) is 5.76 Å². The van der Waals surface area contributed by atoms with Crippen LogP contribution in [0.5, 0.6) is 0 Å². The van der Waals surface area contributed by atoms with Gasteiger partial charge in [-0.1, -0.05) is 17.7 Å². The molecule has 0 bridgehead atoms. The molecule has 0 aliphatic carbocycles. The van der Waals surface area contributed by atoms with Crippen LogP contribution in [0.1, 0.15) is 32.9 Å². The highest BCUT2D eigenvalue weighted by molar-refractivity contribution is 7.98. The summed E-state index contributed by atoms with van der Waals surface area (Å²) in [5.41, 5.74) is 6.18. The van der Waals surface area contributed by atoms with Crippen molar-refractivity contribution in [2.45, 2.75) is 19.4 Å². The lowest BCUT2D eigenvalue weighted by molar-refractivity contribution is -0.123. The molecule has 3 amide bonds. The van der Waals surface area contributed by atoms with E-state index in [4.69, 9.17) is 4.42 Å². The van der Waals surface area contributed by atoms with Gasteiger partial charge in [-0.05, 0) is 49.6 Å². The van der Waals surface area contributed by atoms with Crippen molar-refractivity contribution in [3.8, 4) is 0 Å². The molecule has 0 fully saturated rings. The van der Waals surface area contributed by atoms with Crippen LogP contribution in [0.3, 0.4) is 0 Å². The average molecular weight is 375 g/mol. The number of furan rings is 1. The minimum Gasteiger partial charge on any atom is -0.459 e. The first-order chi connectivity index (χ1) is 12.5. The highest BCUT2D eigenvalue weighted by atomic mass is 32.2. The van der Waals surface area contributed by atoms with E-state index >= 15 is 0 Å². The third kappa shape index (κ3) is 5.66. The van der Waals surface area contributed by atoms with E-state index in [1.807, 2.05) is 25.3 Å². The largest absolute Gasteiger partial charge is 0.459 e. The number of rotatable bonds is 7. The molecule has 0 aliphatic heterocycles. The molecule has 0 radical (unpaired) electrons. The summed E-state index contributed by atoms with van der Waals surface area (Å²) in [6, 6.07) is 9.26. The number of benzene rings is 1. The molecule has 0 saturated carbocycles. The van der Waals surface area contributed by atoms with E-state index in [9.17, 15) is 14.4 Å². The smallest absolute Gasteiger partial charge is 0.287 e. The van der Waals surface area contributed by atoms with Gasteiger partial charge >= 0.3 is 0 Å². The number of carbonyl (C=O) groups excluding carboxylic acids is 3. The number of aryl methyl sites for hydroxylation is 1. The zero-order chi connectivity index (χ0) is 18.9. The van der Waals surface area contributed by atoms with Gasteiger partial charge in [0.05, 0.1) is 6.26 Å². The Bertz CT molecular complexity index is 744. The lowest BCUT2D eigenvalue weighted by atomic mass is 10.1. The summed E-state index contributed by atoms with van der Waals surface area (Å²) in [5, 5.41) is 2.62. The zero-order valence-electron chi connectivity index (χ0n) is 14.6. The Hall–Kier alpha value is -2.74. The molecule has 8 heteroatoms. The Morgan fingerprint density at radius 2 is 1.81 bits per heavy atom. The van der Waals surface area contributed by atoms with Gasteiger partial charge in [-0.3, -0.25) is 25.2 Å². The summed E-state index contributed by atoms with van der Waals surface area (Å²) in [4.78, 5) is 36.5. The molecule has 1 atom stereocenters. The maximum Gasteiger partial charge on any atom is 0.287 e. The molecule has 2 rings (SSSR count). The maximum absolute atomic E-state index is 12.4. The Labute approximate surface area is 155 Å². The number of amides is 3. The van der Waals surface area contributed by atoms with Gasteiger partial charge in [-0.15, -0.1) is 0 Å². The Kier molecular flexibility index (Phi) is 7.28. The van der Waals surface area contributed by atoms with Crippen LogP contribution in [0.4, 0.5) is 0 Å². The normalized spacial score (nSPS) is 11.5. The van der Waals surface area contributed by atoms with Crippen molar-refractivity contribution in [3.05, 3.63) is 59.5 Å². The SMILES string of the molecule is CSCC[C@@H](NC(=O)c1ccco1)C(=O)NNC(=O)c1ccc(C)cc1. The first kappa shape index (κ1) is 19.6. The fourth-order valence-electron chi connectivity index (χ4n) is 2.12. The van der Waals surface area contributed by atoms with Crippen LogP contribution in [0.25, 0.3) is 0 Å². The molecule has 1 heterocycles. The second kappa shape index (κ2) is 9.67. The fraction of sp³-hybridized carbons (Fsp3) is 0.278. The zero-order valence-corrected chi connectivity index (χ0v) is 15.4. The number of hydrogen-bond acceptors (Lipinski definition) is 5. The first-order valence-electron chi connectivity index (χ1n) is 8.01. The topological polar surface area (TPSA) is 100 Å². The molecule has 0 aliphatic rings. The van der Waals surface area contributed by atoms with Crippen molar-refractivity contribution in [2.24, 2.45) is 0 Å². The Balaban J connectivity index is 1.93. The molecule has 7 nitrogen and oxygen atoms in total. The third-order valence-corrected chi connectivity index (χ3v) is 4.23. The van der Waals surface area contributed by atoms with Crippen molar-refractivity contribution >= 4 is 29.5 Å².